The summed E-state index contributed by atoms with van der Waals surface area (Å²) in [6.07, 6.45) is 2.79. The van der Waals surface area contributed by atoms with Crippen molar-refractivity contribution in [2.24, 2.45) is 0 Å². The summed E-state index contributed by atoms with van der Waals surface area (Å²) < 4.78 is 46.6. The maximum absolute atomic E-state index is 14.6. The van der Waals surface area contributed by atoms with Crippen LogP contribution in [0.3, 0.4) is 0 Å². The molecule has 0 radical (unpaired) electrons. The molecule has 9 nitrogen and oxygen atoms in total. The molecular formula is C23H28ClF2N5O4Si. The van der Waals surface area contributed by atoms with Crippen LogP contribution in [0, 0.1) is 11.6 Å². The van der Waals surface area contributed by atoms with Gasteiger partial charge < -0.3 is 19.5 Å². The first kappa shape index (κ1) is 27.5. The average molecular weight is 540 g/mol. The highest BCUT2D eigenvalue weighted by Gasteiger charge is 2.23. The molecule has 0 aliphatic heterocycles. The van der Waals surface area contributed by atoms with Crippen molar-refractivity contribution in [1.82, 2.24) is 19.7 Å². The molecule has 0 unspecified atom stereocenters. The van der Waals surface area contributed by atoms with Crippen LogP contribution in [0.1, 0.15) is 17.4 Å². The number of carbonyl (C=O) groups is 1. The lowest BCUT2D eigenvalue weighted by Gasteiger charge is -2.15. The molecule has 0 amide bonds. The lowest BCUT2D eigenvalue weighted by atomic mass is 10.2. The zero-order valence-electron chi connectivity index (χ0n) is 20.7. The van der Waals surface area contributed by atoms with Crippen molar-refractivity contribution in [3.63, 3.8) is 0 Å². The Morgan fingerprint density at radius 3 is 2.67 bits per heavy atom. The van der Waals surface area contributed by atoms with Crippen molar-refractivity contribution >= 4 is 37.1 Å². The minimum absolute atomic E-state index is 0.0204. The monoisotopic (exact) mass is 539 g/mol. The van der Waals surface area contributed by atoms with Gasteiger partial charge in [0.25, 0.3) is 0 Å². The molecule has 0 bridgehead atoms. The van der Waals surface area contributed by atoms with Crippen molar-refractivity contribution in [2.45, 2.75) is 39.3 Å². The number of hydrogen-bond acceptors (Lipinski definition) is 8. The topological polar surface area (TPSA) is 100 Å². The van der Waals surface area contributed by atoms with E-state index in [2.05, 4.69) is 40.0 Å². The van der Waals surface area contributed by atoms with Crippen LogP contribution < -0.4 is 10.1 Å². The van der Waals surface area contributed by atoms with Gasteiger partial charge in [0.15, 0.2) is 28.9 Å². The van der Waals surface area contributed by atoms with Crippen LogP contribution in [0.25, 0.3) is 11.4 Å². The van der Waals surface area contributed by atoms with Gasteiger partial charge in [-0.3, -0.25) is 0 Å². The fourth-order valence-electron chi connectivity index (χ4n) is 3.06. The highest BCUT2D eigenvalue weighted by Crippen LogP contribution is 2.33. The number of halogens is 3. The molecule has 0 aliphatic rings. The van der Waals surface area contributed by atoms with Gasteiger partial charge in [-0.2, -0.15) is 5.10 Å². The van der Waals surface area contributed by atoms with E-state index in [-0.39, 0.29) is 47.1 Å². The van der Waals surface area contributed by atoms with Gasteiger partial charge in [-0.1, -0.05) is 31.2 Å². The molecule has 0 fully saturated rings. The van der Waals surface area contributed by atoms with Gasteiger partial charge in [-0.05, 0) is 25.1 Å². The van der Waals surface area contributed by atoms with Gasteiger partial charge in [-0.25, -0.2) is 28.2 Å². The van der Waals surface area contributed by atoms with E-state index in [4.69, 9.17) is 25.8 Å². The second-order valence-corrected chi connectivity index (χ2v) is 15.0. The number of hydrogen-bond donors (Lipinski definition) is 1. The summed E-state index contributed by atoms with van der Waals surface area (Å²) in [6, 6.07) is 3.10. The van der Waals surface area contributed by atoms with Crippen molar-refractivity contribution in [1.29, 1.82) is 0 Å². The quantitative estimate of drug-likeness (QED) is 0.147. The van der Waals surface area contributed by atoms with Crippen LogP contribution >= 0.6 is 11.6 Å². The smallest absolute Gasteiger partial charge is 0.361 e. The van der Waals surface area contributed by atoms with E-state index >= 15 is 0 Å². The van der Waals surface area contributed by atoms with E-state index < -0.39 is 31.2 Å². The third-order valence-corrected chi connectivity index (χ3v) is 6.94. The zero-order valence-corrected chi connectivity index (χ0v) is 22.4. The summed E-state index contributed by atoms with van der Waals surface area (Å²) in [6.45, 7) is 9.24. The average Bonchev–Trinajstić information content (AvgIpc) is 3.22. The van der Waals surface area contributed by atoms with E-state index in [1.165, 1.54) is 18.0 Å². The Bertz CT molecular complexity index is 1240. The number of esters is 1. The summed E-state index contributed by atoms with van der Waals surface area (Å²) in [5, 5.41) is 6.94. The Hall–Kier alpha value is -3.09. The number of ether oxygens (including phenoxy) is 3. The van der Waals surface area contributed by atoms with E-state index in [1.54, 1.807) is 13.1 Å². The summed E-state index contributed by atoms with van der Waals surface area (Å²) in [4.78, 5) is 20.8. The first-order chi connectivity index (χ1) is 17.0. The molecule has 2 heterocycles. The normalized spacial score (nSPS) is 11.4. The lowest BCUT2D eigenvalue weighted by Crippen LogP contribution is -2.22. The largest absolute Gasteiger partial charge is 0.491 e. The molecule has 2 aromatic heterocycles. The summed E-state index contributed by atoms with van der Waals surface area (Å²) in [5.41, 5.74) is -0.282. The van der Waals surface area contributed by atoms with Crippen LogP contribution in [0.2, 0.25) is 30.7 Å². The molecule has 3 aromatic rings. The van der Waals surface area contributed by atoms with Crippen LogP contribution in [0.5, 0.6) is 5.75 Å². The first-order valence-corrected chi connectivity index (χ1v) is 15.3. The molecule has 3 rings (SSSR count). The maximum Gasteiger partial charge on any atom is 0.361 e. The van der Waals surface area contributed by atoms with Gasteiger partial charge in [0.2, 0.25) is 0 Å². The SMILES string of the molecule is CCOC(=O)c1nn(COCC[Si](C)(C)C)cc1Nc1nc(-c2c(F)ccc(Cl)c2F)ncc1OC. The van der Waals surface area contributed by atoms with Gasteiger partial charge in [0, 0.05) is 14.7 Å². The summed E-state index contributed by atoms with van der Waals surface area (Å²) in [5.74, 6) is -2.61. The third kappa shape index (κ3) is 6.77. The number of methoxy groups -OCH3 is 1. The van der Waals surface area contributed by atoms with Gasteiger partial charge in [0.05, 0.1) is 42.4 Å². The predicted molar refractivity (Wildman–Crippen MR) is 135 cm³/mol. The fraction of sp³-hybridized carbons (Fsp3) is 0.391. The number of benzene rings is 1. The van der Waals surface area contributed by atoms with E-state index in [0.29, 0.717) is 6.61 Å². The van der Waals surface area contributed by atoms with E-state index in [9.17, 15) is 13.6 Å². The summed E-state index contributed by atoms with van der Waals surface area (Å²) in [7, 11) is 0.114. The second kappa shape index (κ2) is 11.8. The number of nitrogens with one attached hydrogen (secondary N) is 1. The molecule has 36 heavy (non-hydrogen) atoms. The van der Waals surface area contributed by atoms with E-state index in [0.717, 1.165) is 18.2 Å². The standard InChI is InChI=1S/C23H28ClF2N5O4Si/c1-6-35-23(32)20-16(12-31(30-20)13-34-9-10-36(3,4)5)28-21-17(33-2)11-27-22(29-21)18-15(25)8-7-14(24)19(18)26/h7-8,11-12H,6,9-10,13H2,1-5H3,(H,27,28,29). The number of anilines is 2. The van der Waals surface area contributed by atoms with Crippen molar-refractivity contribution < 1.29 is 27.8 Å². The van der Waals surface area contributed by atoms with Crippen LogP contribution in [-0.2, 0) is 16.2 Å². The van der Waals surface area contributed by atoms with Crippen LogP contribution in [0.4, 0.5) is 20.3 Å². The van der Waals surface area contributed by atoms with E-state index in [1.807, 2.05) is 0 Å². The minimum atomic E-state index is -1.27. The molecule has 0 spiro atoms. The van der Waals surface area contributed by atoms with Crippen molar-refractivity contribution in [3.8, 4) is 17.1 Å². The van der Waals surface area contributed by atoms with Crippen molar-refractivity contribution in [3.05, 3.63) is 46.9 Å². The Kier molecular flexibility index (Phi) is 8.98. The lowest BCUT2D eigenvalue weighted by molar-refractivity contribution is 0.0511. The fourth-order valence-corrected chi connectivity index (χ4v) is 3.97. The van der Waals surface area contributed by atoms with Crippen LogP contribution in [0.15, 0.2) is 24.5 Å². The van der Waals surface area contributed by atoms with Gasteiger partial charge in [0.1, 0.15) is 12.5 Å². The molecule has 0 saturated heterocycles. The highest BCUT2D eigenvalue weighted by molar-refractivity contribution is 6.76. The number of nitrogens with zero attached hydrogens (tertiary/aromatic N) is 4. The summed E-state index contributed by atoms with van der Waals surface area (Å²) >= 11 is 5.82. The van der Waals surface area contributed by atoms with Crippen LogP contribution in [-0.4, -0.2) is 54.1 Å². The molecular weight excluding hydrogens is 512 g/mol. The Morgan fingerprint density at radius 1 is 1.25 bits per heavy atom. The molecule has 194 valence electrons. The molecule has 0 atom stereocenters. The first-order valence-electron chi connectivity index (χ1n) is 11.2. The Morgan fingerprint density at radius 2 is 2.00 bits per heavy atom. The number of rotatable bonds is 11. The van der Waals surface area contributed by atoms with Gasteiger partial charge >= 0.3 is 5.97 Å². The Labute approximate surface area is 213 Å². The number of aromatic nitrogens is 4. The Balaban J connectivity index is 1.95. The van der Waals surface area contributed by atoms with Crippen molar-refractivity contribution in [2.75, 3.05) is 25.6 Å². The van der Waals surface area contributed by atoms with Gasteiger partial charge in [-0.15, -0.1) is 0 Å². The second-order valence-electron chi connectivity index (χ2n) is 8.95. The maximum atomic E-state index is 14.6. The minimum Gasteiger partial charge on any atom is -0.491 e. The predicted octanol–water partition coefficient (Wildman–Crippen LogP) is 5.51. The molecule has 0 aliphatic carbocycles. The molecule has 1 N–H and O–H groups in total. The molecule has 1 aromatic carbocycles. The molecule has 0 saturated carbocycles. The third-order valence-electron chi connectivity index (χ3n) is 4.95. The highest BCUT2D eigenvalue weighted by atomic mass is 35.5. The zero-order chi connectivity index (χ0) is 26.5. The number of carbonyl (C=O) groups excluding carboxylic acids is 1. The molecule has 13 heteroatoms.